The van der Waals surface area contributed by atoms with Gasteiger partial charge in [-0.2, -0.15) is 0 Å². The van der Waals surface area contributed by atoms with Gasteiger partial charge in [0.1, 0.15) is 0 Å². The number of hydrogen-bond donors (Lipinski definition) is 2. The van der Waals surface area contributed by atoms with Crippen LogP contribution in [0, 0.1) is 0 Å². The normalized spacial score (nSPS) is 13.1. The number of hydrogen-bond acceptors (Lipinski definition) is 2. The fourth-order valence-corrected chi connectivity index (χ4v) is 0.707. The van der Waals surface area contributed by atoms with Crippen LogP contribution in [-0.4, -0.2) is 22.9 Å². The maximum absolute atomic E-state index is 9.19. The van der Waals surface area contributed by atoms with Crippen molar-refractivity contribution in [3.63, 3.8) is 0 Å². The Hall–Kier alpha value is -0.340. The van der Waals surface area contributed by atoms with Crippen molar-refractivity contribution in [2.45, 2.75) is 32.3 Å². The summed E-state index contributed by atoms with van der Waals surface area (Å²) in [5.41, 5.74) is 0.522. The smallest absolute Gasteiger partial charge is 0.0769 e. The van der Waals surface area contributed by atoms with Crippen LogP contribution in [0.2, 0.25) is 0 Å². The minimum atomic E-state index is -0.509. The van der Waals surface area contributed by atoms with E-state index in [4.69, 9.17) is 5.11 Å². The van der Waals surface area contributed by atoms with Gasteiger partial charge in [-0.25, -0.2) is 0 Å². The van der Waals surface area contributed by atoms with Gasteiger partial charge < -0.3 is 10.2 Å². The van der Waals surface area contributed by atoms with E-state index in [1.165, 1.54) is 0 Å². The summed E-state index contributed by atoms with van der Waals surface area (Å²) in [4.78, 5) is 0. The van der Waals surface area contributed by atoms with Gasteiger partial charge in [0.25, 0.3) is 0 Å². The van der Waals surface area contributed by atoms with Gasteiger partial charge in [-0.1, -0.05) is 26.3 Å². The molecule has 0 spiro atoms. The molecule has 0 bridgehead atoms. The maximum atomic E-state index is 9.19. The molecule has 0 radical (unpaired) electrons. The minimum Gasteiger partial charge on any atom is -0.392 e. The molecule has 0 rings (SSSR count). The molecule has 0 aliphatic heterocycles. The van der Waals surface area contributed by atoms with Crippen LogP contribution in [0.25, 0.3) is 0 Å². The molecule has 10 heavy (non-hydrogen) atoms. The van der Waals surface area contributed by atoms with Gasteiger partial charge in [0.15, 0.2) is 0 Å². The molecule has 0 aromatic carbocycles. The topological polar surface area (TPSA) is 40.5 Å². The molecule has 0 aliphatic carbocycles. The lowest BCUT2D eigenvalue weighted by molar-refractivity contribution is 0.176. The van der Waals surface area contributed by atoms with Crippen molar-refractivity contribution in [1.82, 2.24) is 0 Å². The molecule has 2 heteroatoms. The van der Waals surface area contributed by atoms with Gasteiger partial charge in [0, 0.05) is 0 Å². The highest BCUT2D eigenvalue weighted by Gasteiger charge is 2.05. The number of unbranched alkanes of at least 4 members (excludes halogenated alkanes) is 1. The van der Waals surface area contributed by atoms with Crippen molar-refractivity contribution in [2.24, 2.45) is 0 Å². The van der Waals surface area contributed by atoms with Gasteiger partial charge in [0.05, 0.1) is 12.7 Å². The molecule has 0 unspecified atom stereocenters. The third kappa shape index (κ3) is 3.64. The molecule has 0 aromatic rings. The molecule has 0 saturated carbocycles. The lowest BCUT2D eigenvalue weighted by Gasteiger charge is -2.09. The molecule has 2 N–H and O–H groups in total. The average Bonchev–Trinajstić information content (AvgIpc) is 1.98. The van der Waals surface area contributed by atoms with E-state index in [-0.39, 0.29) is 6.61 Å². The van der Waals surface area contributed by atoms with Gasteiger partial charge >= 0.3 is 0 Å². The monoisotopic (exact) mass is 144 g/mol. The van der Waals surface area contributed by atoms with Crippen LogP contribution in [0.4, 0.5) is 0 Å². The summed E-state index contributed by atoms with van der Waals surface area (Å²) in [6.45, 7) is 5.48. The highest BCUT2D eigenvalue weighted by Crippen LogP contribution is 2.06. The van der Waals surface area contributed by atoms with Crippen molar-refractivity contribution in [1.29, 1.82) is 0 Å². The average molecular weight is 144 g/mol. The summed E-state index contributed by atoms with van der Waals surface area (Å²) in [5, 5.41) is 17.7. The Bertz CT molecular complexity index is 99.4. The molecule has 60 valence electrons. The first kappa shape index (κ1) is 9.66. The highest BCUT2D eigenvalue weighted by molar-refractivity contribution is 5.00. The minimum absolute atomic E-state index is 0.106. The Labute approximate surface area is 62.2 Å². The maximum Gasteiger partial charge on any atom is 0.0769 e. The Morgan fingerprint density at radius 3 is 2.60 bits per heavy atom. The van der Waals surface area contributed by atoms with Crippen molar-refractivity contribution >= 4 is 0 Å². The molecule has 0 aliphatic rings. The Morgan fingerprint density at radius 2 is 2.20 bits per heavy atom. The van der Waals surface area contributed by atoms with Gasteiger partial charge in [-0.15, -0.1) is 0 Å². The van der Waals surface area contributed by atoms with Crippen LogP contribution < -0.4 is 0 Å². The van der Waals surface area contributed by atoms with Crippen LogP contribution in [-0.2, 0) is 0 Å². The van der Waals surface area contributed by atoms with E-state index in [0.29, 0.717) is 5.57 Å². The van der Waals surface area contributed by atoms with E-state index >= 15 is 0 Å². The van der Waals surface area contributed by atoms with Gasteiger partial charge in [-0.3, -0.25) is 0 Å². The summed E-state index contributed by atoms with van der Waals surface area (Å²) in [5.74, 6) is 0. The largest absolute Gasteiger partial charge is 0.392 e. The van der Waals surface area contributed by atoms with E-state index in [9.17, 15) is 5.11 Å². The number of aliphatic hydroxyl groups is 2. The van der Waals surface area contributed by atoms with Crippen molar-refractivity contribution in [3.8, 4) is 0 Å². The summed E-state index contributed by atoms with van der Waals surface area (Å²) >= 11 is 0. The first-order valence-corrected chi connectivity index (χ1v) is 3.69. The molecular formula is C8H16O2. The van der Waals surface area contributed by atoms with Crippen molar-refractivity contribution in [3.05, 3.63) is 12.2 Å². The fraction of sp³-hybridized carbons (Fsp3) is 0.750. The second-order valence-corrected chi connectivity index (χ2v) is 2.47. The van der Waals surface area contributed by atoms with E-state index in [0.717, 1.165) is 19.3 Å². The van der Waals surface area contributed by atoms with Crippen LogP contribution >= 0.6 is 0 Å². The summed E-state index contributed by atoms with van der Waals surface area (Å²) in [6, 6.07) is 0. The number of aliphatic hydroxyl groups excluding tert-OH is 2. The Morgan fingerprint density at radius 1 is 1.60 bits per heavy atom. The van der Waals surface area contributed by atoms with Gasteiger partial charge in [0.2, 0.25) is 0 Å². The zero-order chi connectivity index (χ0) is 7.98. The molecule has 0 aromatic heterocycles. The molecule has 0 fully saturated rings. The Balaban J connectivity index is 3.41. The summed E-state index contributed by atoms with van der Waals surface area (Å²) in [6.07, 6.45) is 2.26. The van der Waals surface area contributed by atoms with Crippen LogP contribution in [0.15, 0.2) is 12.2 Å². The summed E-state index contributed by atoms with van der Waals surface area (Å²) < 4.78 is 0. The molecular weight excluding hydrogens is 128 g/mol. The van der Waals surface area contributed by atoms with Crippen molar-refractivity contribution < 1.29 is 10.2 Å². The quantitative estimate of drug-likeness (QED) is 0.567. The van der Waals surface area contributed by atoms with Crippen LogP contribution in [0.3, 0.4) is 0 Å². The molecule has 0 saturated heterocycles. The van der Waals surface area contributed by atoms with E-state index < -0.39 is 6.10 Å². The third-order valence-corrected chi connectivity index (χ3v) is 1.51. The first-order chi connectivity index (χ1) is 4.72. The van der Waals surface area contributed by atoms with Gasteiger partial charge in [-0.05, 0) is 12.0 Å². The second-order valence-electron chi connectivity index (χ2n) is 2.47. The standard InChI is InChI=1S/C8H16O2/c1-3-4-5-8(10)7(2)6-9/h8-10H,2-6H2,1H3/t8-/m1/s1. The second kappa shape index (κ2) is 5.45. The summed E-state index contributed by atoms with van der Waals surface area (Å²) in [7, 11) is 0. The lowest BCUT2D eigenvalue weighted by atomic mass is 10.1. The lowest BCUT2D eigenvalue weighted by Crippen LogP contribution is -2.11. The van der Waals surface area contributed by atoms with Crippen LogP contribution in [0.1, 0.15) is 26.2 Å². The zero-order valence-electron chi connectivity index (χ0n) is 6.51. The van der Waals surface area contributed by atoms with E-state index in [1.807, 2.05) is 0 Å². The molecule has 0 heterocycles. The molecule has 2 nitrogen and oxygen atoms in total. The third-order valence-electron chi connectivity index (χ3n) is 1.51. The fourth-order valence-electron chi connectivity index (χ4n) is 0.707. The van der Waals surface area contributed by atoms with E-state index in [2.05, 4.69) is 13.5 Å². The Kier molecular flexibility index (Phi) is 5.26. The van der Waals surface area contributed by atoms with Crippen LogP contribution in [0.5, 0.6) is 0 Å². The SMILES string of the molecule is C=C(CO)[C@H](O)CCCC. The highest BCUT2D eigenvalue weighted by atomic mass is 16.3. The predicted molar refractivity (Wildman–Crippen MR) is 41.8 cm³/mol. The predicted octanol–water partition coefficient (Wildman–Crippen LogP) is 1.09. The first-order valence-electron chi connectivity index (χ1n) is 3.69. The number of rotatable bonds is 5. The van der Waals surface area contributed by atoms with Crippen molar-refractivity contribution in [2.75, 3.05) is 6.61 Å². The molecule has 1 atom stereocenters. The van der Waals surface area contributed by atoms with E-state index in [1.54, 1.807) is 0 Å². The molecule has 0 amide bonds. The zero-order valence-corrected chi connectivity index (χ0v) is 6.51.